The maximum Gasteiger partial charge on any atom is 0.461 e. The first-order valence-corrected chi connectivity index (χ1v) is 22.5. The van der Waals surface area contributed by atoms with E-state index in [1.165, 1.54) is 19.3 Å². The summed E-state index contributed by atoms with van der Waals surface area (Å²) < 4.78 is 52.6. The average molecular weight is 772 g/mol. The molecule has 10 rings (SSSR count). The second-order valence-electron chi connectivity index (χ2n) is 23.8. The largest absolute Gasteiger partial charge is 0.461 e. The van der Waals surface area contributed by atoms with Crippen molar-refractivity contribution < 1.29 is 37.2 Å². The van der Waals surface area contributed by atoms with Crippen LogP contribution in [0.25, 0.3) is 0 Å². The molecule has 0 N–H and O–H groups in total. The van der Waals surface area contributed by atoms with Crippen molar-refractivity contribution in [3.05, 3.63) is 24.3 Å². The third-order valence-electron chi connectivity index (χ3n) is 18.8. The minimum absolute atomic E-state index is 0.175. The number of hydrogen-bond donors (Lipinski definition) is 0. The van der Waals surface area contributed by atoms with Crippen LogP contribution in [0.4, 0.5) is 0 Å². The summed E-state index contributed by atoms with van der Waals surface area (Å²) in [6, 6.07) is 0. The van der Waals surface area contributed by atoms with Crippen LogP contribution in [0.15, 0.2) is 24.3 Å². The van der Waals surface area contributed by atoms with Gasteiger partial charge < -0.3 is 37.2 Å². The van der Waals surface area contributed by atoms with Crippen molar-refractivity contribution in [1.29, 1.82) is 0 Å². The molecule has 12 atom stereocenters. The monoisotopic (exact) mass is 773 g/mol. The van der Waals surface area contributed by atoms with Gasteiger partial charge in [-0.25, -0.2) is 0 Å². The lowest BCUT2D eigenvalue weighted by Crippen LogP contribution is -2.43. The molecule has 308 valence electrons. The molecule has 56 heavy (non-hydrogen) atoms. The van der Waals surface area contributed by atoms with Gasteiger partial charge in [0.2, 0.25) is 0 Å². The van der Waals surface area contributed by atoms with Crippen molar-refractivity contribution in [3.8, 4) is 0 Å². The molecular weight excluding hydrogens is 700 g/mol. The van der Waals surface area contributed by atoms with Gasteiger partial charge in [0, 0.05) is 0 Å². The van der Waals surface area contributed by atoms with Crippen molar-refractivity contribution in [2.24, 2.45) is 47.3 Å². The minimum atomic E-state index is -0.302. The van der Waals surface area contributed by atoms with Crippen LogP contribution in [-0.4, -0.2) is 73.3 Å². The highest BCUT2D eigenvalue weighted by Gasteiger charge is 2.71. The van der Waals surface area contributed by atoms with Crippen LogP contribution in [0, 0.1) is 47.3 Å². The number of allylic oxidation sites excluding steroid dienone is 4. The zero-order valence-corrected chi connectivity index (χ0v) is 37.6. The summed E-state index contributed by atoms with van der Waals surface area (Å²) in [5.74, 6) is 6.65. The minimum Gasteiger partial charge on any atom is -0.403 e. The van der Waals surface area contributed by atoms with E-state index in [1.54, 1.807) is 0 Å². The molecule has 8 fully saturated rings. The molecule has 0 aromatic heterocycles. The van der Waals surface area contributed by atoms with Crippen LogP contribution in [0.1, 0.15) is 136 Å². The van der Waals surface area contributed by atoms with E-state index in [0.717, 1.165) is 12.3 Å². The third kappa shape index (κ3) is 5.85. The summed E-state index contributed by atoms with van der Waals surface area (Å²) in [5, 5.41) is 0. The molecule has 4 aliphatic heterocycles. The predicted molar refractivity (Wildman–Crippen MR) is 224 cm³/mol. The molecular formula is C44H72B4O8. The van der Waals surface area contributed by atoms with Crippen LogP contribution in [0.3, 0.4) is 0 Å². The van der Waals surface area contributed by atoms with E-state index in [9.17, 15) is 0 Å². The van der Waals surface area contributed by atoms with Gasteiger partial charge in [0.1, 0.15) is 0 Å². The Bertz CT molecular complexity index is 1570. The SMILES string of the molecule is CC1(C)OB(C2C3CC(C4CC=CC43)C2B2OC(C)(C)C(C)(C)O2)OC1(C)C.CC1(C)OB(C2CC3C4C=CC(C4)C3C2B2OC(C)(C)C(C)(C)O2)OC1(C)C. The first kappa shape index (κ1) is 40.8. The fraction of sp³-hybridized carbons (Fsp3) is 0.909. The maximum absolute atomic E-state index is 6.60. The number of hydrogen-bond acceptors (Lipinski definition) is 8. The quantitative estimate of drug-likeness (QED) is 0.207. The molecule has 10 aliphatic rings. The Balaban J connectivity index is 0.000000146. The lowest BCUT2D eigenvalue weighted by Gasteiger charge is -2.39. The smallest absolute Gasteiger partial charge is 0.403 e. The summed E-state index contributed by atoms with van der Waals surface area (Å²) >= 11 is 0. The maximum atomic E-state index is 6.60. The van der Waals surface area contributed by atoms with Crippen LogP contribution in [0.5, 0.6) is 0 Å². The van der Waals surface area contributed by atoms with E-state index in [0.29, 0.717) is 64.7 Å². The Kier molecular flexibility index (Phi) is 9.12. The lowest BCUT2D eigenvalue weighted by atomic mass is 9.46. The first-order valence-electron chi connectivity index (χ1n) is 22.5. The van der Waals surface area contributed by atoms with Gasteiger partial charge in [-0.3, -0.25) is 0 Å². The normalized spacial score (nSPS) is 46.6. The zero-order chi connectivity index (χ0) is 40.6. The highest BCUT2D eigenvalue weighted by Crippen LogP contribution is 2.71. The Morgan fingerprint density at radius 3 is 1.23 bits per heavy atom. The summed E-state index contributed by atoms with van der Waals surface area (Å²) in [6.45, 7) is 34.5. The van der Waals surface area contributed by atoms with Gasteiger partial charge in [0.05, 0.1) is 44.8 Å². The molecule has 0 amide bonds. The number of fused-ring (bicyclic) bond motifs is 10. The van der Waals surface area contributed by atoms with Gasteiger partial charge in [-0.2, -0.15) is 0 Å². The fourth-order valence-electron chi connectivity index (χ4n) is 13.0. The summed E-state index contributed by atoms with van der Waals surface area (Å²) in [6.07, 6.45) is 14.7. The summed E-state index contributed by atoms with van der Waals surface area (Å²) in [5.41, 5.74) is -2.40. The van der Waals surface area contributed by atoms with Gasteiger partial charge in [0.25, 0.3) is 0 Å². The Morgan fingerprint density at radius 1 is 0.375 bits per heavy atom. The van der Waals surface area contributed by atoms with Crippen molar-refractivity contribution in [3.63, 3.8) is 0 Å². The first-order chi connectivity index (χ1) is 25.7. The van der Waals surface area contributed by atoms with Gasteiger partial charge >= 0.3 is 28.5 Å². The lowest BCUT2D eigenvalue weighted by molar-refractivity contribution is 0.00578. The van der Waals surface area contributed by atoms with Crippen molar-refractivity contribution in [2.75, 3.05) is 0 Å². The molecule has 0 aromatic carbocycles. The molecule has 4 saturated heterocycles. The Hall–Kier alpha value is -0.580. The van der Waals surface area contributed by atoms with E-state index in [-0.39, 0.29) is 73.3 Å². The second-order valence-corrected chi connectivity index (χ2v) is 23.8. The van der Waals surface area contributed by atoms with Crippen LogP contribution >= 0.6 is 0 Å². The zero-order valence-electron chi connectivity index (χ0n) is 37.6. The molecule has 6 aliphatic carbocycles. The molecule has 0 spiro atoms. The molecule has 0 radical (unpaired) electrons. The van der Waals surface area contributed by atoms with E-state index in [4.69, 9.17) is 37.2 Å². The molecule has 4 bridgehead atoms. The van der Waals surface area contributed by atoms with Crippen LogP contribution in [0.2, 0.25) is 23.3 Å². The van der Waals surface area contributed by atoms with Gasteiger partial charge in [-0.15, -0.1) is 0 Å². The molecule has 8 nitrogen and oxygen atoms in total. The van der Waals surface area contributed by atoms with Gasteiger partial charge in [-0.05, 0) is 207 Å². The fourth-order valence-corrected chi connectivity index (χ4v) is 13.0. The highest BCUT2D eigenvalue weighted by atomic mass is 16.7. The van der Waals surface area contributed by atoms with E-state index in [1.807, 2.05) is 0 Å². The average Bonchev–Trinajstić information content (AvgIpc) is 3.90. The van der Waals surface area contributed by atoms with Crippen molar-refractivity contribution >= 4 is 28.5 Å². The van der Waals surface area contributed by atoms with Crippen LogP contribution < -0.4 is 0 Å². The van der Waals surface area contributed by atoms with E-state index in [2.05, 4.69) is 135 Å². The van der Waals surface area contributed by atoms with E-state index >= 15 is 0 Å². The topological polar surface area (TPSA) is 73.8 Å². The third-order valence-corrected chi connectivity index (χ3v) is 18.8. The van der Waals surface area contributed by atoms with Crippen LogP contribution in [-0.2, 0) is 37.2 Å². The standard InChI is InChI=1S/2C22H36B2O4/c1-19(2)20(3,4)26-23(25-19)16-12-15-13-9-10-14(11-13)17(15)18(16)24-27-21(5,6)22(7,8)28-24;1-19(2)20(3,4)26-23(25-19)17-15-12-16(14-11-9-10-13(14)15)18(17)24-27-21(5,6)22(7,8)28-24/h2*9-10,13-18H,11-12H2,1-8H3. The molecule has 12 unspecified atom stereocenters. The molecule has 0 aromatic rings. The molecule has 4 heterocycles. The number of rotatable bonds is 4. The van der Waals surface area contributed by atoms with E-state index < -0.39 is 0 Å². The Morgan fingerprint density at radius 2 is 0.768 bits per heavy atom. The Labute approximate surface area is 340 Å². The second kappa shape index (κ2) is 12.5. The highest BCUT2D eigenvalue weighted by molar-refractivity contribution is 6.56. The summed E-state index contributed by atoms with van der Waals surface area (Å²) in [7, 11) is -0.722. The summed E-state index contributed by atoms with van der Waals surface area (Å²) in [4.78, 5) is 0. The van der Waals surface area contributed by atoms with Gasteiger partial charge in [0.15, 0.2) is 0 Å². The van der Waals surface area contributed by atoms with Gasteiger partial charge in [-0.1, -0.05) is 24.3 Å². The predicted octanol–water partition coefficient (Wildman–Crippen LogP) is 9.51. The van der Waals surface area contributed by atoms with Crippen molar-refractivity contribution in [2.45, 2.75) is 205 Å². The molecule has 12 heteroatoms. The molecule has 4 saturated carbocycles. The van der Waals surface area contributed by atoms with Crippen molar-refractivity contribution in [1.82, 2.24) is 0 Å².